The Morgan fingerprint density at radius 3 is 2.22 bits per heavy atom. The van der Waals surface area contributed by atoms with Crippen LogP contribution >= 0.6 is 0 Å². The van der Waals surface area contributed by atoms with E-state index in [9.17, 15) is 10.2 Å². The first-order valence-electron chi connectivity index (χ1n) is 8.22. The van der Waals surface area contributed by atoms with Crippen molar-refractivity contribution in [3.63, 3.8) is 0 Å². The lowest BCUT2D eigenvalue weighted by atomic mass is 9.84. The predicted octanol–water partition coefficient (Wildman–Crippen LogP) is 2.72. The molecule has 1 aliphatic rings. The summed E-state index contributed by atoms with van der Waals surface area (Å²) < 4.78 is 0. The lowest BCUT2D eigenvalue weighted by molar-refractivity contribution is 0.0788. The molecule has 2 aromatic carbocycles. The number of hydrogen-bond acceptors (Lipinski definition) is 3. The Labute approximate surface area is 138 Å². The van der Waals surface area contributed by atoms with Crippen LogP contribution in [-0.4, -0.2) is 41.9 Å². The molecule has 3 atom stereocenters. The standard InChI is InChI=1S/C20H25NO2/c1-21(2)13-16(22)12-19-17-9-5-3-7-14(17)11-15-8-4-6-10-18(15)20(19)23/h3-10,16,19-20,22-23H,11-13H2,1-2H3/t16-,19-,20-/m1/s1. The van der Waals surface area contributed by atoms with Crippen molar-refractivity contribution in [3.05, 3.63) is 70.8 Å². The van der Waals surface area contributed by atoms with Crippen LogP contribution in [-0.2, 0) is 6.42 Å². The first kappa shape index (κ1) is 16.2. The fraction of sp³-hybridized carbons (Fsp3) is 0.400. The third-order valence-electron chi connectivity index (χ3n) is 4.69. The number of fused-ring (bicyclic) bond motifs is 2. The molecule has 3 nitrogen and oxygen atoms in total. The van der Waals surface area contributed by atoms with Gasteiger partial charge in [-0.05, 0) is 49.2 Å². The summed E-state index contributed by atoms with van der Waals surface area (Å²) >= 11 is 0. The summed E-state index contributed by atoms with van der Waals surface area (Å²) in [5, 5.41) is 21.4. The van der Waals surface area contributed by atoms with Crippen LogP contribution in [0.3, 0.4) is 0 Å². The Morgan fingerprint density at radius 1 is 1.00 bits per heavy atom. The SMILES string of the molecule is CN(C)C[C@H](O)C[C@@H]1c2ccccc2Cc2ccccc2[C@H]1O. The highest BCUT2D eigenvalue weighted by molar-refractivity contribution is 5.44. The van der Waals surface area contributed by atoms with Gasteiger partial charge in [0.15, 0.2) is 0 Å². The quantitative estimate of drug-likeness (QED) is 0.912. The highest BCUT2D eigenvalue weighted by Gasteiger charge is 2.31. The van der Waals surface area contributed by atoms with Crippen LogP contribution in [0, 0.1) is 0 Å². The molecule has 23 heavy (non-hydrogen) atoms. The van der Waals surface area contributed by atoms with E-state index in [-0.39, 0.29) is 5.92 Å². The molecule has 0 amide bonds. The van der Waals surface area contributed by atoms with Gasteiger partial charge >= 0.3 is 0 Å². The Hall–Kier alpha value is -1.68. The second kappa shape index (κ2) is 6.83. The normalized spacial score (nSPS) is 21.4. The molecule has 0 aliphatic heterocycles. The third-order valence-corrected chi connectivity index (χ3v) is 4.69. The van der Waals surface area contributed by atoms with Gasteiger partial charge in [0.05, 0.1) is 12.2 Å². The Kier molecular flexibility index (Phi) is 4.81. The van der Waals surface area contributed by atoms with E-state index in [2.05, 4.69) is 18.2 Å². The molecular weight excluding hydrogens is 286 g/mol. The molecular formula is C20H25NO2. The van der Waals surface area contributed by atoms with E-state index in [1.165, 1.54) is 11.1 Å². The summed E-state index contributed by atoms with van der Waals surface area (Å²) in [4.78, 5) is 1.98. The van der Waals surface area contributed by atoms with Crippen LogP contribution in [0.25, 0.3) is 0 Å². The molecule has 0 aromatic heterocycles. The van der Waals surface area contributed by atoms with E-state index >= 15 is 0 Å². The van der Waals surface area contributed by atoms with Crippen molar-refractivity contribution in [1.82, 2.24) is 4.90 Å². The number of nitrogens with zero attached hydrogens (tertiary/aromatic N) is 1. The van der Waals surface area contributed by atoms with Crippen LogP contribution in [0.4, 0.5) is 0 Å². The number of aliphatic hydroxyl groups excluding tert-OH is 2. The Balaban J connectivity index is 1.99. The van der Waals surface area contributed by atoms with Crippen molar-refractivity contribution in [1.29, 1.82) is 0 Å². The van der Waals surface area contributed by atoms with Crippen molar-refractivity contribution >= 4 is 0 Å². The summed E-state index contributed by atoms with van der Waals surface area (Å²) in [6, 6.07) is 16.4. The van der Waals surface area contributed by atoms with E-state index in [1.807, 2.05) is 49.3 Å². The molecule has 2 N–H and O–H groups in total. The van der Waals surface area contributed by atoms with Crippen LogP contribution < -0.4 is 0 Å². The minimum atomic E-state index is -0.577. The second-order valence-electron chi connectivity index (χ2n) is 6.78. The summed E-state index contributed by atoms with van der Waals surface area (Å²) in [7, 11) is 3.91. The minimum Gasteiger partial charge on any atom is -0.392 e. The summed E-state index contributed by atoms with van der Waals surface area (Å²) in [6.07, 6.45) is 0.364. The molecule has 0 saturated heterocycles. The zero-order valence-electron chi connectivity index (χ0n) is 13.8. The van der Waals surface area contributed by atoms with E-state index in [4.69, 9.17) is 0 Å². The Bertz CT molecular complexity index is 668. The average Bonchev–Trinajstić information content (AvgIpc) is 2.63. The first-order chi connectivity index (χ1) is 11.1. The molecule has 3 heteroatoms. The van der Waals surface area contributed by atoms with Gasteiger partial charge in [-0.2, -0.15) is 0 Å². The number of benzene rings is 2. The van der Waals surface area contributed by atoms with Crippen molar-refractivity contribution in [2.24, 2.45) is 0 Å². The maximum absolute atomic E-state index is 11.0. The molecule has 0 unspecified atom stereocenters. The van der Waals surface area contributed by atoms with Crippen molar-refractivity contribution < 1.29 is 10.2 Å². The number of hydrogen-bond donors (Lipinski definition) is 2. The van der Waals surface area contributed by atoms with Crippen LogP contribution in [0.5, 0.6) is 0 Å². The third kappa shape index (κ3) is 3.47. The predicted molar refractivity (Wildman–Crippen MR) is 92.6 cm³/mol. The monoisotopic (exact) mass is 311 g/mol. The molecule has 2 aromatic rings. The van der Waals surface area contributed by atoms with Crippen molar-refractivity contribution in [2.75, 3.05) is 20.6 Å². The average molecular weight is 311 g/mol. The van der Waals surface area contributed by atoms with Crippen LogP contribution in [0.2, 0.25) is 0 Å². The molecule has 0 heterocycles. The number of likely N-dealkylation sites (N-methyl/N-ethyl adjacent to an activating group) is 1. The first-order valence-corrected chi connectivity index (χ1v) is 8.22. The van der Waals surface area contributed by atoms with Gasteiger partial charge in [0, 0.05) is 12.5 Å². The number of rotatable bonds is 4. The fourth-order valence-corrected chi connectivity index (χ4v) is 3.68. The highest BCUT2D eigenvalue weighted by atomic mass is 16.3. The molecule has 0 fully saturated rings. The van der Waals surface area contributed by atoms with Crippen molar-refractivity contribution in [2.45, 2.75) is 31.0 Å². The summed E-state index contributed by atoms with van der Waals surface area (Å²) in [6.45, 7) is 0.604. The molecule has 1 aliphatic carbocycles. The van der Waals surface area contributed by atoms with Crippen molar-refractivity contribution in [3.8, 4) is 0 Å². The van der Waals surface area contributed by atoms with E-state index in [1.54, 1.807) is 0 Å². The van der Waals surface area contributed by atoms with E-state index in [0.29, 0.717) is 13.0 Å². The lowest BCUT2D eigenvalue weighted by Crippen LogP contribution is -2.28. The lowest BCUT2D eigenvalue weighted by Gasteiger charge is -2.27. The molecule has 0 saturated carbocycles. The maximum atomic E-state index is 11.0. The number of aliphatic hydroxyl groups is 2. The zero-order chi connectivity index (χ0) is 16.4. The fourth-order valence-electron chi connectivity index (χ4n) is 3.68. The molecule has 0 radical (unpaired) electrons. The smallest absolute Gasteiger partial charge is 0.0862 e. The second-order valence-corrected chi connectivity index (χ2v) is 6.78. The van der Waals surface area contributed by atoms with Gasteiger partial charge in [-0.1, -0.05) is 48.5 Å². The van der Waals surface area contributed by atoms with Gasteiger partial charge < -0.3 is 15.1 Å². The highest BCUT2D eigenvalue weighted by Crippen LogP contribution is 2.41. The van der Waals surface area contributed by atoms with Gasteiger partial charge in [0.2, 0.25) is 0 Å². The van der Waals surface area contributed by atoms with Gasteiger partial charge in [-0.25, -0.2) is 0 Å². The molecule has 122 valence electrons. The molecule has 3 rings (SSSR count). The van der Waals surface area contributed by atoms with Gasteiger partial charge in [-0.15, -0.1) is 0 Å². The molecule has 0 spiro atoms. The van der Waals surface area contributed by atoms with Gasteiger partial charge in [0.25, 0.3) is 0 Å². The van der Waals surface area contributed by atoms with Crippen LogP contribution in [0.1, 0.15) is 40.7 Å². The van der Waals surface area contributed by atoms with E-state index in [0.717, 1.165) is 17.5 Å². The van der Waals surface area contributed by atoms with Crippen LogP contribution in [0.15, 0.2) is 48.5 Å². The molecule has 0 bridgehead atoms. The minimum absolute atomic E-state index is 0.0789. The zero-order valence-corrected chi connectivity index (χ0v) is 13.8. The van der Waals surface area contributed by atoms with Gasteiger partial charge in [0.1, 0.15) is 0 Å². The van der Waals surface area contributed by atoms with E-state index < -0.39 is 12.2 Å². The maximum Gasteiger partial charge on any atom is 0.0862 e. The Morgan fingerprint density at radius 2 is 1.57 bits per heavy atom. The largest absolute Gasteiger partial charge is 0.392 e. The topological polar surface area (TPSA) is 43.7 Å². The summed E-state index contributed by atoms with van der Waals surface area (Å²) in [5.41, 5.74) is 4.58. The van der Waals surface area contributed by atoms with Gasteiger partial charge in [-0.3, -0.25) is 0 Å². The summed E-state index contributed by atoms with van der Waals surface area (Å²) in [5.74, 6) is -0.0789.